The number of halogens is 6. The smallest absolute Gasteiger partial charge is 0.383 e. The fourth-order valence-corrected chi connectivity index (χ4v) is 4.08. The highest BCUT2D eigenvalue weighted by Gasteiger charge is 2.37. The molecule has 0 aromatic heterocycles. The van der Waals surface area contributed by atoms with Gasteiger partial charge in [-0.3, -0.25) is 4.90 Å². The zero-order valence-corrected chi connectivity index (χ0v) is 17.9. The Morgan fingerprint density at radius 2 is 1.76 bits per heavy atom. The fraction of sp³-hybridized carbons (Fsp3) is 0.435. The van der Waals surface area contributed by atoms with E-state index in [2.05, 4.69) is 4.90 Å². The van der Waals surface area contributed by atoms with Crippen LogP contribution in [0.15, 0.2) is 42.5 Å². The minimum atomic E-state index is -4.77. The molecule has 1 atom stereocenters. The third-order valence-corrected chi connectivity index (χ3v) is 5.72. The molecule has 0 N–H and O–H groups in total. The Kier molecular flexibility index (Phi) is 7.55. The van der Waals surface area contributed by atoms with E-state index in [0.717, 1.165) is 18.2 Å². The number of likely N-dealkylation sites (tertiary alicyclic amines) is 1. The highest BCUT2D eigenvalue weighted by Crippen LogP contribution is 2.37. The summed E-state index contributed by atoms with van der Waals surface area (Å²) in [6.07, 6.45) is -8.79. The minimum absolute atomic E-state index is 0.0294. The van der Waals surface area contributed by atoms with Gasteiger partial charge in [0.1, 0.15) is 0 Å². The van der Waals surface area contributed by atoms with Crippen LogP contribution >= 0.6 is 0 Å². The predicted octanol–water partition coefficient (Wildman–Crippen LogP) is 5.32. The number of nitrogens with zero attached hydrogens (tertiary/aromatic N) is 3. The molecule has 178 valence electrons. The van der Waals surface area contributed by atoms with Gasteiger partial charge < -0.3 is 9.64 Å². The van der Waals surface area contributed by atoms with Crippen molar-refractivity contribution in [3.05, 3.63) is 64.7 Å². The third-order valence-electron chi connectivity index (χ3n) is 5.72. The number of ether oxygens (including phenoxy) is 1. The molecule has 33 heavy (non-hydrogen) atoms. The molecule has 3 rings (SSSR count). The lowest BCUT2D eigenvalue weighted by Gasteiger charge is -2.33. The van der Waals surface area contributed by atoms with Crippen molar-refractivity contribution in [3.63, 3.8) is 0 Å². The number of benzene rings is 2. The highest BCUT2D eigenvalue weighted by atomic mass is 19.4. The lowest BCUT2D eigenvalue weighted by Crippen LogP contribution is -2.38. The molecule has 10 heteroatoms. The van der Waals surface area contributed by atoms with Gasteiger partial charge in [-0.05, 0) is 36.2 Å². The van der Waals surface area contributed by atoms with E-state index in [1.165, 1.54) is 30.3 Å². The largest absolute Gasteiger partial charge is 0.417 e. The van der Waals surface area contributed by atoms with E-state index in [0.29, 0.717) is 32.7 Å². The molecule has 0 bridgehead atoms. The Labute approximate surface area is 188 Å². The van der Waals surface area contributed by atoms with Crippen LogP contribution in [0.4, 0.5) is 32.0 Å². The summed E-state index contributed by atoms with van der Waals surface area (Å²) in [5, 5.41) is 9.09. The molecule has 1 aliphatic rings. The molecule has 0 saturated carbocycles. The topological polar surface area (TPSA) is 39.5 Å². The number of alkyl halides is 6. The van der Waals surface area contributed by atoms with Gasteiger partial charge in [0, 0.05) is 45.0 Å². The maximum Gasteiger partial charge on any atom is 0.417 e. The number of rotatable bonds is 7. The Morgan fingerprint density at radius 3 is 2.39 bits per heavy atom. The van der Waals surface area contributed by atoms with E-state index in [9.17, 15) is 26.3 Å². The Balaban J connectivity index is 2.02. The lowest BCUT2D eigenvalue weighted by atomic mass is 10.0. The Morgan fingerprint density at radius 1 is 1.06 bits per heavy atom. The highest BCUT2D eigenvalue weighted by molar-refractivity contribution is 5.56. The van der Waals surface area contributed by atoms with Gasteiger partial charge in [-0.2, -0.15) is 31.6 Å². The van der Waals surface area contributed by atoms with E-state index >= 15 is 0 Å². The number of hydrogen-bond donors (Lipinski definition) is 0. The molecule has 0 amide bonds. The van der Waals surface area contributed by atoms with Gasteiger partial charge >= 0.3 is 12.4 Å². The predicted molar refractivity (Wildman–Crippen MR) is 111 cm³/mol. The standard InChI is InChI=1S/C23H23F6N3O/c1-33-11-10-31-9-8-19(15-31)32(14-17-4-2-3-5-20(17)22(24,25)26)18-7-6-16(13-30)21(12-18)23(27,28)29/h2-7,12,19H,8-11,14-15H2,1H3/t19-/m0/s1. The average molecular weight is 471 g/mol. The van der Waals surface area contributed by atoms with Gasteiger partial charge in [0.05, 0.1) is 29.4 Å². The van der Waals surface area contributed by atoms with E-state index < -0.39 is 29.0 Å². The molecule has 0 radical (unpaired) electrons. The van der Waals surface area contributed by atoms with Gasteiger partial charge in [0.2, 0.25) is 0 Å². The summed E-state index contributed by atoms with van der Waals surface area (Å²) in [6.45, 7) is 1.98. The summed E-state index contributed by atoms with van der Waals surface area (Å²) in [5.74, 6) is 0. The number of nitriles is 1. The molecule has 2 aromatic carbocycles. The van der Waals surface area contributed by atoms with Crippen molar-refractivity contribution in [3.8, 4) is 6.07 Å². The summed E-state index contributed by atoms with van der Waals surface area (Å²) >= 11 is 0. The van der Waals surface area contributed by atoms with Crippen LogP contribution in [0.3, 0.4) is 0 Å². The van der Waals surface area contributed by atoms with Crippen molar-refractivity contribution in [2.24, 2.45) is 0 Å². The molecule has 0 unspecified atom stereocenters. The van der Waals surface area contributed by atoms with Crippen molar-refractivity contribution in [2.45, 2.75) is 31.4 Å². The average Bonchev–Trinajstić information content (AvgIpc) is 3.23. The van der Waals surface area contributed by atoms with Crippen LogP contribution in [0.25, 0.3) is 0 Å². The first-order valence-corrected chi connectivity index (χ1v) is 10.3. The van der Waals surface area contributed by atoms with E-state index in [1.54, 1.807) is 12.0 Å². The molecular formula is C23H23F6N3O. The molecular weight excluding hydrogens is 448 g/mol. The quantitative estimate of drug-likeness (QED) is 0.513. The van der Waals surface area contributed by atoms with Gasteiger partial charge in [-0.15, -0.1) is 0 Å². The summed E-state index contributed by atoms with van der Waals surface area (Å²) < 4.78 is 86.5. The van der Waals surface area contributed by atoms with E-state index in [1.807, 2.05) is 0 Å². The van der Waals surface area contributed by atoms with Crippen molar-refractivity contribution in [1.29, 1.82) is 5.26 Å². The first-order chi connectivity index (χ1) is 15.5. The molecule has 1 fully saturated rings. The van der Waals surface area contributed by atoms with Crippen LogP contribution in [-0.2, 0) is 23.6 Å². The Bertz CT molecular complexity index is 999. The molecule has 1 heterocycles. The van der Waals surface area contributed by atoms with Gasteiger partial charge in [0.25, 0.3) is 0 Å². The SMILES string of the molecule is COCCN1CC[C@H](N(Cc2ccccc2C(F)(F)F)c2ccc(C#N)c(C(F)(F)F)c2)C1. The fourth-order valence-electron chi connectivity index (χ4n) is 4.08. The van der Waals surface area contributed by atoms with Crippen LogP contribution in [0, 0.1) is 11.3 Å². The van der Waals surface area contributed by atoms with Crippen molar-refractivity contribution in [2.75, 3.05) is 38.3 Å². The summed E-state index contributed by atoms with van der Waals surface area (Å²) in [6, 6.07) is 9.57. The minimum Gasteiger partial charge on any atom is -0.383 e. The zero-order chi connectivity index (χ0) is 24.2. The van der Waals surface area contributed by atoms with Gasteiger partial charge in [-0.1, -0.05) is 18.2 Å². The molecule has 0 spiro atoms. The first kappa shape index (κ1) is 24.9. The van der Waals surface area contributed by atoms with Crippen LogP contribution in [0.1, 0.15) is 28.7 Å². The maximum atomic E-state index is 13.6. The monoisotopic (exact) mass is 471 g/mol. The number of hydrogen-bond acceptors (Lipinski definition) is 4. The number of methoxy groups -OCH3 is 1. The molecule has 0 aliphatic carbocycles. The van der Waals surface area contributed by atoms with Gasteiger partial charge in [0.15, 0.2) is 0 Å². The first-order valence-electron chi connectivity index (χ1n) is 10.3. The van der Waals surface area contributed by atoms with E-state index in [4.69, 9.17) is 10.00 Å². The van der Waals surface area contributed by atoms with Crippen molar-refractivity contribution >= 4 is 5.69 Å². The Hall–Kier alpha value is -2.77. The molecule has 2 aromatic rings. The van der Waals surface area contributed by atoms with Crippen molar-refractivity contribution in [1.82, 2.24) is 4.90 Å². The van der Waals surface area contributed by atoms with Gasteiger partial charge in [-0.25, -0.2) is 0 Å². The normalized spacial score (nSPS) is 17.2. The third kappa shape index (κ3) is 5.97. The van der Waals surface area contributed by atoms with Crippen LogP contribution in [-0.4, -0.2) is 44.3 Å². The summed E-state index contributed by atoms with van der Waals surface area (Å²) in [4.78, 5) is 3.64. The second-order valence-electron chi connectivity index (χ2n) is 7.86. The lowest BCUT2D eigenvalue weighted by molar-refractivity contribution is -0.138. The zero-order valence-electron chi connectivity index (χ0n) is 17.9. The molecule has 1 aliphatic heterocycles. The second kappa shape index (κ2) is 10.0. The second-order valence-corrected chi connectivity index (χ2v) is 7.86. The van der Waals surface area contributed by atoms with Crippen LogP contribution in [0.5, 0.6) is 0 Å². The molecule has 4 nitrogen and oxygen atoms in total. The maximum absolute atomic E-state index is 13.6. The van der Waals surface area contributed by atoms with Crippen LogP contribution < -0.4 is 4.90 Å². The van der Waals surface area contributed by atoms with E-state index in [-0.39, 0.29) is 23.8 Å². The summed E-state index contributed by atoms with van der Waals surface area (Å²) in [7, 11) is 1.56. The van der Waals surface area contributed by atoms with Crippen LogP contribution in [0.2, 0.25) is 0 Å². The van der Waals surface area contributed by atoms with Crippen molar-refractivity contribution < 1.29 is 31.1 Å². The summed E-state index contributed by atoms with van der Waals surface area (Å²) in [5.41, 5.74) is -2.37. The molecule has 1 saturated heterocycles. The number of anilines is 1.